The van der Waals surface area contributed by atoms with Gasteiger partial charge in [0.1, 0.15) is 12.1 Å². The van der Waals surface area contributed by atoms with Gasteiger partial charge in [-0.1, -0.05) is 22.0 Å². The second kappa shape index (κ2) is 5.09. The summed E-state index contributed by atoms with van der Waals surface area (Å²) in [5, 5.41) is 4.30. The number of nitrogens with two attached hydrogens (primary N) is 1. The van der Waals surface area contributed by atoms with Gasteiger partial charge in [-0.3, -0.25) is 0 Å². The molecule has 0 unspecified atom stereocenters. The maximum atomic E-state index is 5.78. The molecule has 0 aliphatic carbocycles. The molecule has 0 atom stereocenters. The highest BCUT2D eigenvalue weighted by molar-refractivity contribution is 9.10. The topological polar surface area (TPSA) is 63.8 Å². The number of hydrogen-bond acceptors (Lipinski definition) is 4. The van der Waals surface area contributed by atoms with Crippen LogP contribution in [-0.4, -0.2) is 9.97 Å². The van der Waals surface area contributed by atoms with Gasteiger partial charge in [0.15, 0.2) is 0 Å². The molecule has 20 heavy (non-hydrogen) atoms. The van der Waals surface area contributed by atoms with Gasteiger partial charge in [0.05, 0.1) is 5.52 Å². The number of nitrogens with one attached hydrogen (secondary N) is 1. The fourth-order valence-electron chi connectivity index (χ4n) is 2.03. The first-order chi connectivity index (χ1) is 9.63. The molecule has 3 rings (SSSR count). The van der Waals surface area contributed by atoms with E-state index in [2.05, 4.69) is 38.1 Å². The summed E-state index contributed by atoms with van der Waals surface area (Å²) < 4.78 is 1.02. The largest absolute Gasteiger partial charge is 0.399 e. The highest BCUT2D eigenvalue weighted by Crippen LogP contribution is 2.27. The molecule has 0 radical (unpaired) electrons. The Balaban J connectivity index is 2.09. The summed E-state index contributed by atoms with van der Waals surface area (Å²) in [5.74, 6) is 0.774. The zero-order valence-corrected chi connectivity index (χ0v) is 12.5. The average molecular weight is 329 g/mol. The summed E-state index contributed by atoms with van der Waals surface area (Å²) >= 11 is 3.48. The minimum atomic E-state index is 0.695. The Kier molecular flexibility index (Phi) is 3.28. The van der Waals surface area contributed by atoms with Crippen molar-refractivity contribution in [3.05, 3.63) is 52.8 Å². The average Bonchev–Trinajstić information content (AvgIpc) is 2.43. The second-order valence-corrected chi connectivity index (χ2v) is 5.50. The molecule has 3 aromatic rings. The molecule has 1 aromatic heterocycles. The van der Waals surface area contributed by atoms with Gasteiger partial charge in [-0.05, 0) is 42.8 Å². The summed E-state index contributed by atoms with van der Waals surface area (Å²) in [6, 6.07) is 11.7. The monoisotopic (exact) mass is 328 g/mol. The Labute approximate surface area is 125 Å². The lowest BCUT2D eigenvalue weighted by atomic mass is 10.2. The number of aromatic nitrogens is 2. The molecule has 100 valence electrons. The quantitative estimate of drug-likeness (QED) is 0.697. The third-order valence-electron chi connectivity index (χ3n) is 3.11. The molecule has 5 heteroatoms. The van der Waals surface area contributed by atoms with Crippen LogP contribution in [0.5, 0.6) is 0 Å². The molecule has 4 nitrogen and oxygen atoms in total. The molecule has 3 N–H and O–H groups in total. The van der Waals surface area contributed by atoms with Crippen LogP contribution in [0.4, 0.5) is 17.2 Å². The Morgan fingerprint density at radius 1 is 1.10 bits per heavy atom. The molecular formula is C15H13BrN4. The van der Waals surface area contributed by atoms with Crippen molar-refractivity contribution in [1.82, 2.24) is 9.97 Å². The number of aryl methyl sites for hydroxylation is 1. The van der Waals surface area contributed by atoms with Crippen molar-refractivity contribution in [2.45, 2.75) is 6.92 Å². The van der Waals surface area contributed by atoms with E-state index in [1.54, 1.807) is 0 Å². The Morgan fingerprint density at radius 3 is 2.80 bits per heavy atom. The first-order valence-corrected chi connectivity index (χ1v) is 6.96. The molecule has 0 saturated carbocycles. The van der Waals surface area contributed by atoms with E-state index < -0.39 is 0 Å². The van der Waals surface area contributed by atoms with Crippen LogP contribution in [0.25, 0.3) is 10.9 Å². The van der Waals surface area contributed by atoms with Gasteiger partial charge in [-0.25, -0.2) is 9.97 Å². The van der Waals surface area contributed by atoms with Crippen LogP contribution in [-0.2, 0) is 0 Å². The van der Waals surface area contributed by atoms with Gasteiger partial charge >= 0.3 is 0 Å². The fourth-order valence-corrected chi connectivity index (χ4v) is 2.39. The summed E-state index contributed by atoms with van der Waals surface area (Å²) in [4.78, 5) is 8.57. The summed E-state index contributed by atoms with van der Waals surface area (Å²) in [6.07, 6.45) is 1.54. The van der Waals surface area contributed by atoms with Crippen molar-refractivity contribution in [3.8, 4) is 0 Å². The van der Waals surface area contributed by atoms with Crippen LogP contribution in [0.15, 0.2) is 47.2 Å². The molecule has 1 heterocycles. The van der Waals surface area contributed by atoms with Crippen LogP contribution in [0, 0.1) is 6.92 Å². The number of benzene rings is 2. The maximum Gasteiger partial charge on any atom is 0.141 e. The Hall–Kier alpha value is -2.14. The lowest BCUT2D eigenvalue weighted by Crippen LogP contribution is -1.98. The number of halogens is 1. The number of hydrogen-bond donors (Lipinski definition) is 2. The SMILES string of the molecule is Cc1ccc(Br)cc1Nc1ncnc2cc(N)ccc12. The predicted octanol–water partition coefficient (Wildman–Crippen LogP) is 4.03. The van der Waals surface area contributed by atoms with E-state index in [0.29, 0.717) is 5.69 Å². The first-order valence-electron chi connectivity index (χ1n) is 6.17. The van der Waals surface area contributed by atoms with Crippen LogP contribution in [0.2, 0.25) is 0 Å². The van der Waals surface area contributed by atoms with Crippen molar-refractivity contribution in [3.63, 3.8) is 0 Å². The van der Waals surface area contributed by atoms with Gasteiger partial charge in [0, 0.05) is 21.2 Å². The van der Waals surface area contributed by atoms with Crippen molar-refractivity contribution in [1.29, 1.82) is 0 Å². The van der Waals surface area contributed by atoms with E-state index >= 15 is 0 Å². The molecule has 0 amide bonds. The highest BCUT2D eigenvalue weighted by atomic mass is 79.9. The smallest absolute Gasteiger partial charge is 0.141 e. The van der Waals surface area contributed by atoms with Gasteiger partial charge < -0.3 is 11.1 Å². The third kappa shape index (κ3) is 2.44. The Bertz CT molecular complexity index is 786. The minimum Gasteiger partial charge on any atom is -0.399 e. The van der Waals surface area contributed by atoms with Crippen molar-refractivity contribution in [2.24, 2.45) is 0 Å². The van der Waals surface area contributed by atoms with Gasteiger partial charge in [-0.2, -0.15) is 0 Å². The van der Waals surface area contributed by atoms with E-state index in [4.69, 9.17) is 5.73 Å². The number of nitrogens with zero attached hydrogens (tertiary/aromatic N) is 2. The standard InChI is InChI=1S/C15H13BrN4/c1-9-2-3-10(16)6-13(9)20-15-12-5-4-11(17)7-14(12)18-8-19-15/h2-8H,17H2,1H3,(H,18,19,20). The van der Waals surface area contributed by atoms with Gasteiger partial charge in [-0.15, -0.1) is 0 Å². The molecule has 0 aliphatic heterocycles. The van der Waals surface area contributed by atoms with E-state index in [9.17, 15) is 0 Å². The van der Waals surface area contributed by atoms with Crippen molar-refractivity contribution in [2.75, 3.05) is 11.1 Å². The fraction of sp³-hybridized carbons (Fsp3) is 0.0667. The molecule has 0 aliphatic rings. The minimum absolute atomic E-state index is 0.695. The summed E-state index contributed by atoms with van der Waals surface area (Å²) in [6.45, 7) is 2.05. The number of fused-ring (bicyclic) bond motifs is 1. The first kappa shape index (κ1) is 12.9. The molecule has 0 bridgehead atoms. The van der Waals surface area contributed by atoms with Crippen molar-refractivity contribution >= 4 is 44.0 Å². The van der Waals surface area contributed by atoms with E-state index in [0.717, 1.165) is 32.4 Å². The molecule has 0 saturated heterocycles. The number of rotatable bonds is 2. The lowest BCUT2D eigenvalue weighted by Gasteiger charge is -2.11. The number of anilines is 3. The highest BCUT2D eigenvalue weighted by Gasteiger charge is 2.06. The molecule has 0 spiro atoms. The number of nitrogen functional groups attached to an aromatic ring is 1. The molecular weight excluding hydrogens is 316 g/mol. The molecule has 0 fully saturated rings. The van der Waals surface area contributed by atoms with Gasteiger partial charge in [0.2, 0.25) is 0 Å². The lowest BCUT2D eigenvalue weighted by molar-refractivity contribution is 1.21. The van der Waals surface area contributed by atoms with Crippen LogP contribution in [0.3, 0.4) is 0 Å². The van der Waals surface area contributed by atoms with Gasteiger partial charge in [0.25, 0.3) is 0 Å². The van der Waals surface area contributed by atoms with Crippen LogP contribution in [0.1, 0.15) is 5.56 Å². The van der Waals surface area contributed by atoms with Crippen LogP contribution >= 0.6 is 15.9 Å². The van der Waals surface area contributed by atoms with Crippen LogP contribution < -0.4 is 11.1 Å². The zero-order chi connectivity index (χ0) is 14.1. The maximum absolute atomic E-state index is 5.78. The third-order valence-corrected chi connectivity index (χ3v) is 3.61. The van der Waals surface area contributed by atoms with E-state index in [-0.39, 0.29) is 0 Å². The summed E-state index contributed by atoms with van der Waals surface area (Å²) in [7, 11) is 0. The Morgan fingerprint density at radius 2 is 1.95 bits per heavy atom. The van der Waals surface area contributed by atoms with E-state index in [1.807, 2.05) is 36.4 Å². The second-order valence-electron chi connectivity index (χ2n) is 4.58. The summed E-state index contributed by atoms with van der Waals surface area (Å²) in [5.41, 5.74) is 9.47. The predicted molar refractivity (Wildman–Crippen MR) is 86.1 cm³/mol. The molecule has 2 aromatic carbocycles. The zero-order valence-electron chi connectivity index (χ0n) is 10.9. The normalized spacial score (nSPS) is 10.7. The van der Waals surface area contributed by atoms with Crippen molar-refractivity contribution < 1.29 is 0 Å². The van der Waals surface area contributed by atoms with E-state index in [1.165, 1.54) is 6.33 Å².